The summed E-state index contributed by atoms with van der Waals surface area (Å²) in [7, 11) is -1.81. The summed E-state index contributed by atoms with van der Waals surface area (Å²) in [5.74, 6) is 0.0268. The van der Waals surface area contributed by atoms with Crippen molar-refractivity contribution in [3.63, 3.8) is 0 Å². The molecule has 192 valence electrons. The van der Waals surface area contributed by atoms with Crippen LogP contribution < -0.4 is 10.9 Å². The second-order valence-electron chi connectivity index (χ2n) is 9.39. The van der Waals surface area contributed by atoms with E-state index in [1.54, 1.807) is 30.8 Å². The Labute approximate surface area is 212 Å². The number of carbonyl (C=O) groups is 1. The fourth-order valence-electron chi connectivity index (χ4n) is 4.40. The molecule has 0 unspecified atom stereocenters. The molecule has 1 fully saturated rings. The third-order valence-electron chi connectivity index (χ3n) is 6.70. The number of hydrogen-bond donors (Lipinski definition) is 1. The van der Waals surface area contributed by atoms with Gasteiger partial charge in [0.15, 0.2) is 0 Å². The number of nitrogens with zero attached hydrogens (tertiary/aromatic N) is 4. The number of piperazine rings is 1. The Morgan fingerprint density at radius 2 is 1.58 bits per heavy atom. The van der Waals surface area contributed by atoms with Crippen LogP contribution in [0, 0.1) is 6.92 Å². The number of sulfonamides is 1. The van der Waals surface area contributed by atoms with Crippen LogP contribution in [-0.2, 0) is 21.9 Å². The Kier molecular flexibility index (Phi) is 7.49. The molecule has 1 amide bonds. The van der Waals surface area contributed by atoms with Gasteiger partial charge in [0.1, 0.15) is 5.69 Å². The molecule has 1 N–H and O–H groups in total. The maximum atomic E-state index is 13.1. The zero-order valence-electron chi connectivity index (χ0n) is 21.1. The molecule has 1 aliphatic heterocycles. The fraction of sp³-hybridized carbons (Fsp3) is 0.385. The Bertz CT molecular complexity index is 1380. The second-order valence-corrected chi connectivity index (χ2v) is 11.3. The van der Waals surface area contributed by atoms with Crippen molar-refractivity contribution in [3.8, 4) is 5.69 Å². The summed E-state index contributed by atoms with van der Waals surface area (Å²) < 4.78 is 30.8. The van der Waals surface area contributed by atoms with Crippen molar-refractivity contribution in [2.24, 2.45) is 7.05 Å². The molecule has 0 radical (unpaired) electrons. The summed E-state index contributed by atoms with van der Waals surface area (Å²) in [6, 6.07) is 16.3. The molecule has 36 heavy (non-hydrogen) atoms. The molecule has 1 saturated heterocycles. The number of anilines is 1. The average molecular weight is 512 g/mol. The lowest BCUT2D eigenvalue weighted by Crippen LogP contribution is -2.50. The number of para-hydroxylation sites is 1. The minimum Gasteiger partial charge on any atom is -0.319 e. The van der Waals surface area contributed by atoms with E-state index >= 15 is 0 Å². The highest BCUT2D eigenvalue weighted by Gasteiger charge is 2.29. The molecule has 1 aromatic heterocycles. The lowest BCUT2D eigenvalue weighted by Gasteiger charge is -2.33. The van der Waals surface area contributed by atoms with Crippen LogP contribution in [-0.4, -0.2) is 65.6 Å². The fourth-order valence-corrected chi connectivity index (χ4v) is 5.82. The van der Waals surface area contributed by atoms with Crippen LogP contribution >= 0.6 is 0 Å². The number of rotatable bonds is 7. The molecule has 1 aliphatic rings. The Hall–Kier alpha value is -3.21. The molecule has 0 atom stereocenters. The van der Waals surface area contributed by atoms with Gasteiger partial charge in [0, 0.05) is 33.2 Å². The van der Waals surface area contributed by atoms with E-state index in [4.69, 9.17) is 0 Å². The van der Waals surface area contributed by atoms with Gasteiger partial charge in [-0.1, -0.05) is 44.2 Å². The normalized spacial score (nSPS) is 15.4. The van der Waals surface area contributed by atoms with Crippen molar-refractivity contribution in [2.45, 2.75) is 31.6 Å². The smallest absolute Gasteiger partial charge is 0.295 e. The zero-order chi connectivity index (χ0) is 26.0. The topological polar surface area (TPSA) is 96.7 Å². The molecule has 0 saturated carbocycles. The number of carbonyl (C=O) groups excluding carboxylic acids is 1. The standard InChI is InChI=1S/C26H33N5O4S/c1-19(2)21-10-12-23(13-11-21)36(34,35)30-16-14-29(15-17-30)18-24(32)27-25-20(3)28(4)31(26(25)33)22-8-6-5-7-9-22/h5-13,19H,14-18H2,1-4H3,(H,27,32). The van der Waals surface area contributed by atoms with Crippen molar-refractivity contribution in [3.05, 3.63) is 76.2 Å². The minimum atomic E-state index is -3.59. The summed E-state index contributed by atoms with van der Waals surface area (Å²) in [6.45, 7) is 7.45. The lowest BCUT2D eigenvalue weighted by molar-refractivity contribution is -0.117. The molecule has 4 rings (SSSR count). The average Bonchev–Trinajstić information content (AvgIpc) is 3.07. The SMILES string of the molecule is Cc1c(NC(=O)CN2CCN(S(=O)(=O)c3ccc(C(C)C)cc3)CC2)c(=O)n(-c2ccccc2)n1C. The first-order valence-corrected chi connectivity index (χ1v) is 13.5. The monoisotopic (exact) mass is 511 g/mol. The van der Waals surface area contributed by atoms with E-state index in [0.717, 1.165) is 5.56 Å². The van der Waals surface area contributed by atoms with Crippen LogP contribution in [0.1, 0.15) is 31.0 Å². The molecule has 10 heteroatoms. The number of hydrogen-bond acceptors (Lipinski definition) is 5. The first-order chi connectivity index (χ1) is 17.1. The van der Waals surface area contributed by atoms with Crippen molar-refractivity contribution in [2.75, 3.05) is 38.0 Å². The summed E-state index contributed by atoms with van der Waals surface area (Å²) in [5.41, 5.74) is 2.40. The van der Waals surface area contributed by atoms with Crippen LogP contribution in [0.15, 0.2) is 64.3 Å². The number of amides is 1. The van der Waals surface area contributed by atoms with E-state index in [9.17, 15) is 18.0 Å². The van der Waals surface area contributed by atoms with Crippen LogP contribution in [0.25, 0.3) is 5.69 Å². The zero-order valence-corrected chi connectivity index (χ0v) is 22.0. The molecule has 0 aliphatic carbocycles. The Morgan fingerprint density at radius 3 is 2.17 bits per heavy atom. The van der Waals surface area contributed by atoms with E-state index in [1.165, 1.54) is 8.99 Å². The summed E-state index contributed by atoms with van der Waals surface area (Å²) >= 11 is 0. The highest BCUT2D eigenvalue weighted by molar-refractivity contribution is 7.89. The molecular formula is C26H33N5O4S. The van der Waals surface area contributed by atoms with Gasteiger partial charge in [-0.15, -0.1) is 0 Å². The van der Waals surface area contributed by atoms with Crippen molar-refractivity contribution >= 4 is 21.6 Å². The van der Waals surface area contributed by atoms with Crippen molar-refractivity contribution < 1.29 is 13.2 Å². The van der Waals surface area contributed by atoms with E-state index in [0.29, 0.717) is 43.5 Å². The Balaban J connectivity index is 1.38. The summed E-state index contributed by atoms with van der Waals surface area (Å²) in [4.78, 5) is 28.0. The van der Waals surface area contributed by atoms with Gasteiger partial charge in [0.2, 0.25) is 15.9 Å². The molecular weight excluding hydrogens is 478 g/mol. The predicted molar refractivity (Wildman–Crippen MR) is 140 cm³/mol. The number of benzene rings is 2. The van der Waals surface area contributed by atoms with Gasteiger partial charge >= 0.3 is 0 Å². The van der Waals surface area contributed by atoms with Gasteiger partial charge in [0.25, 0.3) is 5.56 Å². The van der Waals surface area contributed by atoms with Gasteiger partial charge in [0.05, 0.1) is 22.8 Å². The summed E-state index contributed by atoms with van der Waals surface area (Å²) in [6.07, 6.45) is 0. The lowest BCUT2D eigenvalue weighted by atomic mass is 10.0. The van der Waals surface area contributed by atoms with Crippen LogP contribution in [0.4, 0.5) is 5.69 Å². The van der Waals surface area contributed by atoms with E-state index < -0.39 is 10.0 Å². The molecule has 3 aromatic rings. The third-order valence-corrected chi connectivity index (χ3v) is 8.61. The highest BCUT2D eigenvalue weighted by atomic mass is 32.2. The molecule has 9 nitrogen and oxygen atoms in total. The molecule has 0 spiro atoms. The van der Waals surface area contributed by atoms with Crippen LogP contribution in [0.2, 0.25) is 0 Å². The van der Waals surface area contributed by atoms with Crippen molar-refractivity contribution in [1.29, 1.82) is 0 Å². The number of nitrogens with one attached hydrogen (secondary N) is 1. The van der Waals surface area contributed by atoms with E-state index in [2.05, 4.69) is 19.2 Å². The van der Waals surface area contributed by atoms with Crippen molar-refractivity contribution in [1.82, 2.24) is 18.6 Å². The first-order valence-electron chi connectivity index (χ1n) is 12.1. The second kappa shape index (κ2) is 10.4. The predicted octanol–water partition coefficient (Wildman–Crippen LogP) is 2.55. The van der Waals surface area contributed by atoms with E-state index in [-0.39, 0.29) is 28.6 Å². The van der Waals surface area contributed by atoms with Gasteiger partial charge in [-0.05, 0) is 42.7 Å². The van der Waals surface area contributed by atoms with Gasteiger partial charge < -0.3 is 5.32 Å². The minimum absolute atomic E-state index is 0.0794. The highest BCUT2D eigenvalue weighted by Crippen LogP contribution is 2.21. The number of aromatic nitrogens is 2. The quantitative estimate of drug-likeness (QED) is 0.526. The Morgan fingerprint density at radius 1 is 0.972 bits per heavy atom. The van der Waals surface area contributed by atoms with Gasteiger partial charge in [-0.3, -0.25) is 19.2 Å². The molecule has 0 bridgehead atoms. The molecule has 2 heterocycles. The molecule has 2 aromatic carbocycles. The van der Waals surface area contributed by atoms with Crippen LogP contribution in [0.3, 0.4) is 0 Å². The van der Waals surface area contributed by atoms with Gasteiger partial charge in [-0.25, -0.2) is 13.1 Å². The van der Waals surface area contributed by atoms with Crippen LogP contribution in [0.5, 0.6) is 0 Å². The third kappa shape index (κ3) is 5.16. The maximum Gasteiger partial charge on any atom is 0.295 e. The first kappa shape index (κ1) is 25.9. The maximum absolute atomic E-state index is 13.1. The van der Waals surface area contributed by atoms with Gasteiger partial charge in [-0.2, -0.15) is 4.31 Å². The largest absolute Gasteiger partial charge is 0.319 e. The van der Waals surface area contributed by atoms with E-state index in [1.807, 2.05) is 47.4 Å². The summed E-state index contributed by atoms with van der Waals surface area (Å²) in [5, 5.41) is 2.77.